The number of hydrogen-bond acceptors (Lipinski definition) is 2. The van der Waals surface area contributed by atoms with E-state index in [2.05, 4.69) is 5.32 Å². The lowest BCUT2D eigenvalue weighted by molar-refractivity contribution is -0.140. The van der Waals surface area contributed by atoms with Gasteiger partial charge in [0.25, 0.3) is 0 Å². The summed E-state index contributed by atoms with van der Waals surface area (Å²) < 4.78 is 13.5. The minimum absolute atomic E-state index is 0.102. The summed E-state index contributed by atoms with van der Waals surface area (Å²) in [5.74, 6) is -0.489. The monoisotopic (exact) mass is 480 g/mol. The van der Waals surface area contributed by atoms with E-state index >= 15 is 0 Å². The van der Waals surface area contributed by atoms with Gasteiger partial charge in [0, 0.05) is 24.5 Å². The summed E-state index contributed by atoms with van der Waals surface area (Å²) in [6.45, 7) is 4.74. The molecule has 34 heavy (non-hydrogen) atoms. The second-order valence-corrected chi connectivity index (χ2v) is 9.24. The van der Waals surface area contributed by atoms with Gasteiger partial charge in [0.2, 0.25) is 11.8 Å². The van der Waals surface area contributed by atoms with E-state index in [9.17, 15) is 14.0 Å². The van der Waals surface area contributed by atoms with Gasteiger partial charge in [0.1, 0.15) is 11.9 Å². The molecule has 0 unspecified atom stereocenters. The van der Waals surface area contributed by atoms with Crippen LogP contribution in [0.25, 0.3) is 0 Å². The van der Waals surface area contributed by atoms with E-state index in [0.717, 1.165) is 16.7 Å². The van der Waals surface area contributed by atoms with Crippen LogP contribution in [0.1, 0.15) is 30.5 Å². The Kier molecular flexibility index (Phi) is 9.23. The predicted molar refractivity (Wildman–Crippen MR) is 134 cm³/mol. The predicted octanol–water partition coefficient (Wildman–Crippen LogP) is 5.43. The van der Waals surface area contributed by atoms with Crippen molar-refractivity contribution in [1.29, 1.82) is 0 Å². The van der Waals surface area contributed by atoms with E-state index in [-0.39, 0.29) is 36.5 Å². The number of amides is 2. The average molecular weight is 481 g/mol. The maximum absolute atomic E-state index is 13.6. The molecule has 0 aliphatic carbocycles. The molecule has 3 rings (SSSR count). The summed E-state index contributed by atoms with van der Waals surface area (Å²) in [6.07, 6.45) is 0.470. The van der Waals surface area contributed by atoms with Crippen molar-refractivity contribution in [1.82, 2.24) is 10.2 Å². The Hall–Kier alpha value is -3.18. The van der Waals surface area contributed by atoms with E-state index in [0.29, 0.717) is 18.0 Å². The first-order chi connectivity index (χ1) is 16.3. The van der Waals surface area contributed by atoms with E-state index in [1.165, 1.54) is 12.1 Å². The first kappa shape index (κ1) is 25.4. The molecule has 4 nitrogen and oxygen atoms in total. The van der Waals surface area contributed by atoms with Crippen molar-refractivity contribution >= 4 is 23.4 Å². The molecule has 0 aliphatic heterocycles. The lowest BCUT2D eigenvalue weighted by Crippen LogP contribution is -2.51. The van der Waals surface area contributed by atoms with Crippen LogP contribution in [0.2, 0.25) is 5.02 Å². The van der Waals surface area contributed by atoms with E-state index < -0.39 is 6.04 Å². The molecule has 0 spiro atoms. The zero-order valence-corrected chi connectivity index (χ0v) is 20.3. The third-order valence-electron chi connectivity index (χ3n) is 5.47. The van der Waals surface area contributed by atoms with Crippen LogP contribution in [-0.2, 0) is 29.0 Å². The van der Waals surface area contributed by atoms with E-state index in [1.54, 1.807) is 35.2 Å². The molecule has 0 heterocycles. The molecule has 6 heteroatoms. The molecule has 0 aliphatic rings. The number of carbonyl (C=O) groups is 2. The van der Waals surface area contributed by atoms with Gasteiger partial charge < -0.3 is 10.2 Å². The first-order valence-electron chi connectivity index (χ1n) is 11.4. The third-order valence-corrected chi connectivity index (χ3v) is 5.70. The zero-order chi connectivity index (χ0) is 24.5. The van der Waals surface area contributed by atoms with Gasteiger partial charge in [-0.2, -0.15) is 0 Å². The standard InChI is InChI=1S/C28H30ClFN2O2/c1-20(2)18-31-28(34)26(16-21-7-4-3-5-8-21)32(19-22-11-13-25(30)14-12-22)27(33)17-23-9-6-10-24(29)15-23/h3-15,20,26H,16-19H2,1-2H3,(H,31,34)/t26-/m1/s1. The summed E-state index contributed by atoms with van der Waals surface area (Å²) in [7, 11) is 0. The van der Waals surface area contributed by atoms with Crippen LogP contribution in [0.3, 0.4) is 0 Å². The number of halogens is 2. The van der Waals surface area contributed by atoms with E-state index in [4.69, 9.17) is 11.6 Å². The molecule has 0 saturated heterocycles. The smallest absolute Gasteiger partial charge is 0.243 e. The van der Waals surface area contributed by atoms with Crippen LogP contribution in [0.4, 0.5) is 4.39 Å². The van der Waals surface area contributed by atoms with Crippen LogP contribution in [-0.4, -0.2) is 29.3 Å². The largest absolute Gasteiger partial charge is 0.354 e. The maximum atomic E-state index is 13.6. The minimum atomic E-state index is -0.724. The van der Waals surface area contributed by atoms with Crippen molar-refractivity contribution in [3.05, 3.63) is 106 Å². The molecule has 0 saturated carbocycles. The fourth-order valence-electron chi connectivity index (χ4n) is 3.69. The lowest BCUT2D eigenvalue weighted by Gasteiger charge is -2.32. The number of carbonyl (C=O) groups excluding carboxylic acids is 2. The van der Waals surface area contributed by atoms with Crippen molar-refractivity contribution < 1.29 is 14.0 Å². The first-order valence-corrected chi connectivity index (χ1v) is 11.8. The van der Waals surface area contributed by atoms with Crippen molar-refractivity contribution in [3.63, 3.8) is 0 Å². The van der Waals surface area contributed by atoms with E-state index in [1.807, 2.05) is 50.2 Å². The van der Waals surface area contributed by atoms with Gasteiger partial charge in [0.15, 0.2) is 0 Å². The van der Waals surface area contributed by atoms with Gasteiger partial charge in [-0.05, 0) is 46.9 Å². The Labute approximate surface area is 205 Å². The van der Waals surface area contributed by atoms with Crippen LogP contribution < -0.4 is 5.32 Å². The molecule has 1 atom stereocenters. The SMILES string of the molecule is CC(C)CNC(=O)[C@@H](Cc1ccccc1)N(Cc1ccc(F)cc1)C(=O)Cc1cccc(Cl)c1. The normalized spacial score (nSPS) is 11.8. The molecule has 1 N–H and O–H groups in total. The Morgan fingerprint density at radius 2 is 1.59 bits per heavy atom. The van der Waals surface area contributed by atoms with Crippen LogP contribution in [0.15, 0.2) is 78.9 Å². The second kappa shape index (κ2) is 12.3. The summed E-state index contributed by atoms with van der Waals surface area (Å²) in [5.41, 5.74) is 2.46. The Bertz CT molecular complexity index is 1090. The highest BCUT2D eigenvalue weighted by Gasteiger charge is 2.30. The molecular weight excluding hydrogens is 451 g/mol. The van der Waals surface area contributed by atoms with Crippen molar-refractivity contribution in [2.24, 2.45) is 5.92 Å². The fourth-order valence-corrected chi connectivity index (χ4v) is 3.90. The number of nitrogens with zero attached hydrogens (tertiary/aromatic N) is 1. The summed E-state index contributed by atoms with van der Waals surface area (Å²) in [4.78, 5) is 28.6. The maximum Gasteiger partial charge on any atom is 0.243 e. The number of rotatable bonds is 10. The van der Waals surface area contributed by atoms with Crippen molar-refractivity contribution in [2.45, 2.75) is 39.3 Å². The molecule has 3 aromatic rings. The third kappa shape index (κ3) is 7.70. The van der Waals surface area contributed by atoms with Gasteiger partial charge >= 0.3 is 0 Å². The van der Waals surface area contributed by atoms with Gasteiger partial charge in [-0.1, -0.05) is 80.0 Å². The summed E-state index contributed by atoms with van der Waals surface area (Å²) >= 11 is 6.12. The van der Waals surface area contributed by atoms with Gasteiger partial charge in [0.05, 0.1) is 6.42 Å². The highest BCUT2D eigenvalue weighted by molar-refractivity contribution is 6.30. The molecule has 0 aromatic heterocycles. The van der Waals surface area contributed by atoms with Crippen LogP contribution >= 0.6 is 11.6 Å². The summed E-state index contributed by atoms with van der Waals surface area (Å²) in [6, 6.07) is 22.0. The highest BCUT2D eigenvalue weighted by atomic mass is 35.5. The molecule has 178 valence electrons. The van der Waals surface area contributed by atoms with Crippen molar-refractivity contribution in [2.75, 3.05) is 6.54 Å². The topological polar surface area (TPSA) is 49.4 Å². The number of nitrogens with one attached hydrogen (secondary N) is 1. The number of hydrogen-bond donors (Lipinski definition) is 1. The minimum Gasteiger partial charge on any atom is -0.354 e. The van der Waals surface area contributed by atoms with Crippen LogP contribution in [0.5, 0.6) is 0 Å². The lowest BCUT2D eigenvalue weighted by atomic mass is 10.0. The van der Waals surface area contributed by atoms with Gasteiger partial charge in [-0.3, -0.25) is 9.59 Å². The average Bonchev–Trinajstić information content (AvgIpc) is 2.81. The Morgan fingerprint density at radius 3 is 2.24 bits per heavy atom. The molecule has 0 bridgehead atoms. The van der Waals surface area contributed by atoms with Gasteiger partial charge in [-0.25, -0.2) is 4.39 Å². The highest BCUT2D eigenvalue weighted by Crippen LogP contribution is 2.18. The van der Waals surface area contributed by atoms with Crippen LogP contribution in [0, 0.1) is 11.7 Å². The van der Waals surface area contributed by atoms with Gasteiger partial charge in [-0.15, -0.1) is 0 Å². The Balaban J connectivity index is 1.94. The molecule has 0 radical (unpaired) electrons. The number of benzene rings is 3. The molecule has 3 aromatic carbocycles. The second-order valence-electron chi connectivity index (χ2n) is 8.80. The molecule has 2 amide bonds. The quantitative estimate of drug-likeness (QED) is 0.420. The molecule has 0 fully saturated rings. The Morgan fingerprint density at radius 1 is 0.912 bits per heavy atom. The zero-order valence-electron chi connectivity index (χ0n) is 19.5. The summed E-state index contributed by atoms with van der Waals surface area (Å²) in [5, 5.41) is 3.54. The fraction of sp³-hybridized carbons (Fsp3) is 0.286. The molecular formula is C28H30ClFN2O2. The van der Waals surface area contributed by atoms with Crippen molar-refractivity contribution in [3.8, 4) is 0 Å².